The number of methoxy groups -OCH3 is 1. The molecule has 6 nitrogen and oxygen atoms in total. The maximum Gasteiger partial charge on any atom is 0.328 e. The summed E-state index contributed by atoms with van der Waals surface area (Å²) in [6.45, 7) is 0. The molecule has 1 aromatic rings. The van der Waals surface area contributed by atoms with Crippen LogP contribution in [0.3, 0.4) is 0 Å². The number of hydrogen-bond acceptors (Lipinski definition) is 4. The van der Waals surface area contributed by atoms with Crippen molar-refractivity contribution in [2.24, 2.45) is 5.73 Å². The monoisotopic (exact) mass is 283 g/mol. The number of carbonyl (C=O) groups is 2. The van der Waals surface area contributed by atoms with E-state index < -0.39 is 11.9 Å². The fourth-order valence-corrected chi connectivity index (χ4v) is 1.16. The molecule has 0 aliphatic rings. The van der Waals surface area contributed by atoms with Crippen molar-refractivity contribution < 1.29 is 24.5 Å². The first-order valence-corrected chi connectivity index (χ1v) is 5.36. The first kappa shape index (κ1) is 16.6. The van der Waals surface area contributed by atoms with Crippen molar-refractivity contribution >= 4 is 29.1 Å². The molecule has 0 saturated carbocycles. The molecule has 0 unspecified atom stereocenters. The molecule has 0 aliphatic heterocycles. The third-order valence-corrected chi connectivity index (χ3v) is 1.96. The van der Waals surface area contributed by atoms with Crippen LogP contribution in [-0.4, -0.2) is 34.2 Å². The van der Waals surface area contributed by atoms with Gasteiger partial charge in [0.2, 0.25) is 0 Å². The smallest absolute Gasteiger partial charge is 0.328 e. The number of benzene rings is 1. The maximum atomic E-state index is 9.55. The van der Waals surface area contributed by atoms with Crippen molar-refractivity contribution in [2.75, 3.05) is 7.11 Å². The van der Waals surface area contributed by atoms with Crippen LogP contribution in [0.15, 0.2) is 36.4 Å². The molecular weight excluding hydrogens is 270 g/mol. The van der Waals surface area contributed by atoms with Gasteiger partial charge in [-0.15, -0.1) is 0 Å². The van der Waals surface area contributed by atoms with Gasteiger partial charge in [0.1, 0.15) is 10.7 Å². The molecule has 0 saturated heterocycles. The van der Waals surface area contributed by atoms with Gasteiger partial charge in [-0.2, -0.15) is 0 Å². The van der Waals surface area contributed by atoms with Crippen LogP contribution in [0.2, 0.25) is 0 Å². The van der Waals surface area contributed by atoms with Crippen LogP contribution in [0.25, 0.3) is 0 Å². The molecule has 0 spiro atoms. The summed E-state index contributed by atoms with van der Waals surface area (Å²) in [5.74, 6) is -1.79. The zero-order valence-corrected chi connectivity index (χ0v) is 10.9. The molecule has 19 heavy (non-hydrogen) atoms. The molecule has 0 heterocycles. The quantitative estimate of drug-likeness (QED) is 0.559. The van der Waals surface area contributed by atoms with Gasteiger partial charge in [0.25, 0.3) is 0 Å². The Hall–Kier alpha value is -2.41. The largest absolute Gasteiger partial charge is 0.496 e. The van der Waals surface area contributed by atoms with E-state index in [1.807, 2.05) is 24.3 Å². The number of nitrogens with two attached hydrogens (primary N) is 1. The lowest BCUT2D eigenvalue weighted by Crippen LogP contribution is -2.10. The second-order valence-corrected chi connectivity index (χ2v) is 3.51. The van der Waals surface area contributed by atoms with E-state index >= 15 is 0 Å². The molecule has 1 rings (SSSR count). The van der Waals surface area contributed by atoms with Gasteiger partial charge in [-0.3, -0.25) is 0 Å². The summed E-state index contributed by atoms with van der Waals surface area (Å²) in [7, 11) is 1.59. The molecule has 1 aromatic carbocycles. The van der Waals surface area contributed by atoms with E-state index in [0.717, 1.165) is 11.3 Å². The minimum atomic E-state index is -1.26. The standard InChI is InChI=1S/C8H9NOS.C4H4O4/c1-10-7-5-3-2-4-6(7)8(9)11;5-3(6)1-2-4(7)8/h2-5H,1H3,(H2,9,11);1-2H,(H,5,6)(H,7,8)/b;2-1+. The fraction of sp³-hybridized carbons (Fsp3) is 0.0833. The summed E-state index contributed by atoms with van der Waals surface area (Å²) in [4.78, 5) is 19.5. The van der Waals surface area contributed by atoms with Crippen LogP contribution in [0, 0.1) is 0 Å². The lowest BCUT2D eigenvalue weighted by atomic mass is 10.2. The lowest BCUT2D eigenvalue weighted by molar-refractivity contribution is -0.134. The van der Waals surface area contributed by atoms with E-state index in [1.165, 1.54) is 0 Å². The first-order chi connectivity index (χ1) is 8.88. The highest BCUT2D eigenvalue weighted by molar-refractivity contribution is 7.80. The van der Waals surface area contributed by atoms with E-state index in [9.17, 15) is 9.59 Å². The number of thiocarbonyl (C=S) groups is 1. The van der Waals surface area contributed by atoms with Crippen LogP contribution in [0.1, 0.15) is 5.56 Å². The summed E-state index contributed by atoms with van der Waals surface area (Å²) >= 11 is 4.81. The summed E-state index contributed by atoms with van der Waals surface area (Å²) in [6.07, 6.45) is 1.12. The Morgan fingerprint density at radius 3 is 2.00 bits per heavy atom. The molecule has 102 valence electrons. The zero-order valence-electron chi connectivity index (χ0n) is 10.1. The lowest BCUT2D eigenvalue weighted by Gasteiger charge is -2.04. The number of carboxylic acids is 2. The van der Waals surface area contributed by atoms with Crippen LogP contribution in [-0.2, 0) is 9.59 Å². The van der Waals surface area contributed by atoms with Crippen molar-refractivity contribution in [3.05, 3.63) is 42.0 Å². The van der Waals surface area contributed by atoms with Crippen LogP contribution in [0.5, 0.6) is 5.75 Å². The summed E-state index contributed by atoms with van der Waals surface area (Å²) in [6, 6.07) is 7.41. The fourth-order valence-electron chi connectivity index (χ4n) is 0.991. The Kier molecular flexibility index (Phi) is 7.55. The average Bonchev–Trinajstić information content (AvgIpc) is 2.37. The number of hydrogen-bond donors (Lipinski definition) is 3. The Bertz CT molecular complexity index is 483. The highest BCUT2D eigenvalue weighted by Gasteiger charge is 2.01. The average molecular weight is 283 g/mol. The Morgan fingerprint density at radius 1 is 1.21 bits per heavy atom. The van der Waals surface area contributed by atoms with Crippen LogP contribution >= 0.6 is 12.2 Å². The summed E-state index contributed by atoms with van der Waals surface area (Å²) < 4.78 is 5.04. The molecule has 0 aromatic heterocycles. The Labute approximate surface area is 115 Å². The third-order valence-electron chi connectivity index (χ3n) is 1.74. The van der Waals surface area contributed by atoms with Crippen molar-refractivity contribution in [1.29, 1.82) is 0 Å². The highest BCUT2D eigenvalue weighted by Crippen LogP contribution is 2.16. The second-order valence-electron chi connectivity index (χ2n) is 3.07. The van der Waals surface area contributed by atoms with Gasteiger partial charge >= 0.3 is 11.9 Å². The van der Waals surface area contributed by atoms with Gasteiger partial charge in [-0.25, -0.2) is 9.59 Å². The minimum Gasteiger partial charge on any atom is -0.496 e. The van der Waals surface area contributed by atoms with Crippen molar-refractivity contribution in [2.45, 2.75) is 0 Å². The Morgan fingerprint density at radius 2 is 1.68 bits per heavy atom. The molecule has 0 atom stereocenters. The second kappa shape index (κ2) is 8.65. The summed E-state index contributed by atoms with van der Waals surface area (Å²) in [5, 5.41) is 15.6. The van der Waals surface area contributed by atoms with E-state index in [2.05, 4.69) is 0 Å². The number of ether oxygens (including phenoxy) is 1. The van der Waals surface area contributed by atoms with Gasteiger partial charge in [0.05, 0.1) is 12.7 Å². The Balaban J connectivity index is 0.000000362. The molecule has 7 heteroatoms. The molecular formula is C12H13NO5S. The summed E-state index contributed by atoms with van der Waals surface area (Å²) in [5.41, 5.74) is 6.22. The van der Waals surface area contributed by atoms with E-state index in [-0.39, 0.29) is 0 Å². The van der Waals surface area contributed by atoms with Crippen LogP contribution in [0.4, 0.5) is 0 Å². The SMILES string of the molecule is COc1ccccc1C(N)=S.O=C(O)/C=C/C(=O)O. The minimum absolute atomic E-state index is 0.363. The third kappa shape index (κ3) is 7.50. The zero-order chi connectivity index (χ0) is 14.8. The van der Waals surface area contributed by atoms with Gasteiger partial charge < -0.3 is 20.7 Å². The molecule has 0 amide bonds. The van der Waals surface area contributed by atoms with E-state index in [0.29, 0.717) is 17.1 Å². The van der Waals surface area contributed by atoms with Gasteiger partial charge in [0.15, 0.2) is 0 Å². The van der Waals surface area contributed by atoms with Crippen molar-refractivity contribution in [1.82, 2.24) is 0 Å². The van der Waals surface area contributed by atoms with E-state index in [1.54, 1.807) is 7.11 Å². The van der Waals surface area contributed by atoms with Gasteiger partial charge in [0, 0.05) is 12.2 Å². The molecule has 0 bridgehead atoms. The molecule has 4 N–H and O–H groups in total. The molecule has 0 radical (unpaired) electrons. The first-order valence-electron chi connectivity index (χ1n) is 4.95. The topological polar surface area (TPSA) is 110 Å². The van der Waals surface area contributed by atoms with Crippen LogP contribution < -0.4 is 10.5 Å². The van der Waals surface area contributed by atoms with Crippen molar-refractivity contribution in [3.8, 4) is 5.75 Å². The maximum absolute atomic E-state index is 9.55. The molecule has 0 aliphatic carbocycles. The highest BCUT2D eigenvalue weighted by atomic mass is 32.1. The number of carboxylic acid groups (broad SMARTS) is 2. The number of para-hydroxylation sites is 1. The number of aliphatic carboxylic acids is 2. The van der Waals surface area contributed by atoms with E-state index in [4.69, 9.17) is 32.9 Å². The van der Waals surface area contributed by atoms with Gasteiger partial charge in [-0.1, -0.05) is 24.4 Å². The molecule has 0 fully saturated rings. The number of rotatable bonds is 4. The van der Waals surface area contributed by atoms with Gasteiger partial charge in [-0.05, 0) is 12.1 Å². The predicted octanol–water partition coefficient (Wildman–Crippen LogP) is 1.04. The predicted molar refractivity (Wildman–Crippen MR) is 73.3 cm³/mol. The normalized spacial score (nSPS) is 9.32. The van der Waals surface area contributed by atoms with Crippen molar-refractivity contribution in [3.63, 3.8) is 0 Å².